The van der Waals surface area contributed by atoms with Gasteiger partial charge in [0.05, 0.1) is 25.4 Å². The fourth-order valence-electron chi connectivity index (χ4n) is 8.34. The van der Waals surface area contributed by atoms with Crippen molar-refractivity contribution < 1.29 is 51.8 Å². The summed E-state index contributed by atoms with van der Waals surface area (Å²) in [5, 5.41) is 44.9. The molecule has 0 bridgehead atoms. The Hall–Kier alpha value is -1.16. The molecule has 1 fully saturated rings. The lowest BCUT2D eigenvalue weighted by Crippen LogP contribution is -2.61. The summed E-state index contributed by atoms with van der Waals surface area (Å²) in [6.45, 7) is 3.46. The van der Waals surface area contributed by atoms with Crippen molar-refractivity contribution in [3.63, 3.8) is 0 Å². The molecule has 62 heavy (non-hydrogen) atoms. The maximum atomic E-state index is 13.1. The van der Waals surface area contributed by atoms with Gasteiger partial charge in [0.1, 0.15) is 24.4 Å². The number of carbonyl (C=O) groups excluding carboxylic acids is 1. The molecule has 13 heteroatoms. The fourth-order valence-corrected chi connectivity index (χ4v) is 8.85. The second-order valence-corrected chi connectivity index (χ2v) is 19.2. The van der Waals surface area contributed by atoms with Crippen molar-refractivity contribution in [2.75, 3.05) is 13.2 Å². The van der Waals surface area contributed by atoms with E-state index < -0.39 is 59.9 Å². The molecule has 0 aliphatic carbocycles. The molecule has 1 rings (SSSR count). The van der Waals surface area contributed by atoms with E-state index in [0.29, 0.717) is 12.8 Å². The molecule has 12 nitrogen and oxygen atoms in total. The number of rotatable bonds is 44. The first-order valence-corrected chi connectivity index (χ1v) is 26.9. The Morgan fingerprint density at radius 1 is 0.629 bits per heavy atom. The van der Waals surface area contributed by atoms with E-state index in [1.807, 2.05) is 0 Å². The number of hydrogen-bond donors (Lipinski definition) is 6. The van der Waals surface area contributed by atoms with Crippen molar-refractivity contribution >= 4 is 16.3 Å². The number of allylic oxidation sites excluding steroid dienone is 2. The van der Waals surface area contributed by atoms with Crippen LogP contribution in [0.5, 0.6) is 0 Å². The lowest BCUT2D eigenvalue weighted by Gasteiger charge is -2.41. The van der Waals surface area contributed by atoms with E-state index >= 15 is 0 Å². The SMILES string of the molecule is CCCCCCCCCCC/C=C\CCCCCCCCCC(=O)NC(COC1OC(CO)C(O)C(OS(=O)(=O)O)C1O)C(O)CCCCCCCCCCCCCCCCC. The Bertz CT molecular complexity index is 1160. The molecule has 0 spiro atoms. The predicted octanol–water partition coefficient (Wildman–Crippen LogP) is 10.7. The molecule has 1 heterocycles. The first-order chi connectivity index (χ1) is 30.0. The highest BCUT2D eigenvalue weighted by Gasteiger charge is 2.48. The molecule has 7 unspecified atom stereocenters. The first kappa shape index (κ1) is 58.9. The van der Waals surface area contributed by atoms with E-state index in [2.05, 4.69) is 35.5 Å². The quantitative estimate of drug-likeness (QED) is 0.0194. The minimum Gasteiger partial charge on any atom is -0.394 e. The molecule has 0 aromatic rings. The number of unbranched alkanes of at least 4 members (excludes halogenated alkanes) is 30. The zero-order valence-corrected chi connectivity index (χ0v) is 40.3. The molecule has 1 amide bonds. The Morgan fingerprint density at radius 3 is 1.45 bits per heavy atom. The van der Waals surface area contributed by atoms with Crippen molar-refractivity contribution in [3.8, 4) is 0 Å². The summed E-state index contributed by atoms with van der Waals surface area (Å²) in [6, 6.07) is -0.857. The van der Waals surface area contributed by atoms with Crippen LogP contribution in [0.1, 0.15) is 239 Å². The van der Waals surface area contributed by atoms with Crippen molar-refractivity contribution in [2.45, 2.75) is 281 Å². The van der Waals surface area contributed by atoms with Gasteiger partial charge in [-0.05, 0) is 38.5 Å². The minimum atomic E-state index is -5.08. The van der Waals surface area contributed by atoms with Crippen LogP contribution < -0.4 is 5.32 Å². The van der Waals surface area contributed by atoms with Crippen LogP contribution in [-0.2, 0) is 28.9 Å². The highest BCUT2D eigenvalue weighted by atomic mass is 32.3. The summed E-state index contributed by atoms with van der Waals surface area (Å²) in [5.41, 5.74) is 0. The molecule has 0 saturated carbocycles. The normalized spacial score (nSPS) is 20.5. The van der Waals surface area contributed by atoms with Crippen LogP contribution >= 0.6 is 0 Å². The number of aliphatic hydroxyl groups excluding tert-OH is 4. The van der Waals surface area contributed by atoms with Crippen molar-refractivity contribution in [2.24, 2.45) is 0 Å². The minimum absolute atomic E-state index is 0.232. The molecule has 1 aliphatic rings. The van der Waals surface area contributed by atoms with Crippen molar-refractivity contribution in [1.29, 1.82) is 0 Å². The standard InChI is InChI=1S/C49H95NO11S/c1-3-5-7-9-11-13-15-17-19-20-21-22-23-25-27-29-31-33-35-37-39-45(53)50-42(41-59-49-47(55)48(61-62(56,57)58)46(54)44(40-51)60-49)43(52)38-36-34-32-30-28-26-24-18-16-14-12-10-8-6-4-2/h21-22,42-44,46-49,51-52,54-55H,3-20,23-41H2,1-2H3,(H,50,53)(H,56,57,58)/b22-21-. The third-order valence-electron chi connectivity index (χ3n) is 12.3. The highest BCUT2D eigenvalue weighted by molar-refractivity contribution is 7.80. The summed E-state index contributed by atoms with van der Waals surface area (Å²) in [4.78, 5) is 13.1. The zero-order chi connectivity index (χ0) is 45.5. The van der Waals surface area contributed by atoms with Crippen LogP contribution in [0.3, 0.4) is 0 Å². The Balaban J connectivity index is 2.43. The van der Waals surface area contributed by atoms with Crippen LogP contribution in [-0.4, -0.2) is 95.4 Å². The lowest BCUT2D eigenvalue weighted by atomic mass is 9.99. The van der Waals surface area contributed by atoms with Crippen molar-refractivity contribution in [1.82, 2.24) is 5.32 Å². The van der Waals surface area contributed by atoms with Gasteiger partial charge in [0.25, 0.3) is 0 Å². The number of hydrogen-bond acceptors (Lipinski definition) is 10. The van der Waals surface area contributed by atoms with Gasteiger partial charge >= 0.3 is 10.4 Å². The number of carbonyl (C=O) groups is 1. The molecular weight excluding hydrogens is 811 g/mol. The number of ether oxygens (including phenoxy) is 2. The van der Waals surface area contributed by atoms with Gasteiger partial charge in [-0.2, -0.15) is 8.42 Å². The zero-order valence-electron chi connectivity index (χ0n) is 39.5. The topological polar surface area (TPSA) is 192 Å². The predicted molar refractivity (Wildman–Crippen MR) is 250 cm³/mol. The smallest absolute Gasteiger partial charge is 0.394 e. The van der Waals surface area contributed by atoms with E-state index in [-0.39, 0.29) is 18.9 Å². The van der Waals surface area contributed by atoms with Gasteiger partial charge in [0, 0.05) is 6.42 Å². The molecule has 1 aliphatic heterocycles. The Kier molecular flexibility index (Phi) is 38.1. The number of nitrogens with one attached hydrogen (secondary N) is 1. The van der Waals surface area contributed by atoms with Crippen LogP contribution in [0.15, 0.2) is 12.2 Å². The fraction of sp³-hybridized carbons (Fsp3) is 0.939. The molecule has 0 aromatic carbocycles. The summed E-state index contributed by atoms with van der Waals surface area (Å²) in [5.74, 6) is -0.232. The second kappa shape index (κ2) is 40.1. The molecular formula is C49H95NO11S. The van der Waals surface area contributed by atoms with Gasteiger partial charge in [-0.1, -0.05) is 206 Å². The number of aliphatic hydroxyl groups is 4. The molecule has 0 radical (unpaired) electrons. The lowest BCUT2D eigenvalue weighted by molar-refractivity contribution is -0.298. The molecule has 7 atom stereocenters. The van der Waals surface area contributed by atoms with E-state index in [0.717, 1.165) is 51.4 Å². The average molecular weight is 906 g/mol. The van der Waals surface area contributed by atoms with E-state index in [1.165, 1.54) is 154 Å². The Labute approximate surface area is 379 Å². The van der Waals surface area contributed by atoms with Crippen LogP contribution in [0.25, 0.3) is 0 Å². The molecule has 368 valence electrons. The first-order valence-electron chi connectivity index (χ1n) is 25.6. The van der Waals surface area contributed by atoms with Crippen LogP contribution in [0.2, 0.25) is 0 Å². The summed E-state index contributed by atoms with van der Waals surface area (Å²) < 4.78 is 47.7. The Morgan fingerprint density at radius 2 is 1.03 bits per heavy atom. The third-order valence-corrected chi connectivity index (χ3v) is 12.8. The summed E-state index contributed by atoms with van der Waals surface area (Å²) in [7, 11) is -5.08. The summed E-state index contributed by atoms with van der Waals surface area (Å²) in [6.07, 6.45) is 36.3. The van der Waals surface area contributed by atoms with Gasteiger partial charge in [-0.15, -0.1) is 0 Å². The molecule has 0 aromatic heterocycles. The van der Waals surface area contributed by atoms with Crippen molar-refractivity contribution in [3.05, 3.63) is 12.2 Å². The van der Waals surface area contributed by atoms with Gasteiger partial charge < -0.3 is 35.2 Å². The molecule has 6 N–H and O–H groups in total. The maximum Gasteiger partial charge on any atom is 0.397 e. The van der Waals surface area contributed by atoms with E-state index in [1.54, 1.807) is 0 Å². The van der Waals surface area contributed by atoms with Gasteiger partial charge in [-0.3, -0.25) is 9.35 Å². The number of amides is 1. The van der Waals surface area contributed by atoms with Gasteiger partial charge in [0.2, 0.25) is 5.91 Å². The average Bonchev–Trinajstić information content (AvgIpc) is 3.24. The van der Waals surface area contributed by atoms with Gasteiger partial charge in [0.15, 0.2) is 6.29 Å². The van der Waals surface area contributed by atoms with Gasteiger partial charge in [-0.25, -0.2) is 4.18 Å². The van der Waals surface area contributed by atoms with E-state index in [9.17, 15) is 38.2 Å². The second-order valence-electron chi connectivity index (χ2n) is 18.1. The van der Waals surface area contributed by atoms with Crippen LogP contribution in [0.4, 0.5) is 0 Å². The maximum absolute atomic E-state index is 13.1. The molecule has 1 saturated heterocycles. The summed E-state index contributed by atoms with van der Waals surface area (Å²) >= 11 is 0. The monoisotopic (exact) mass is 906 g/mol. The van der Waals surface area contributed by atoms with E-state index in [4.69, 9.17) is 9.47 Å². The van der Waals surface area contributed by atoms with Crippen LogP contribution in [0, 0.1) is 0 Å². The highest BCUT2D eigenvalue weighted by Crippen LogP contribution is 2.26. The largest absolute Gasteiger partial charge is 0.397 e. The third kappa shape index (κ3) is 32.5.